The first kappa shape index (κ1) is 23.5. The van der Waals surface area contributed by atoms with Gasteiger partial charge in [0.2, 0.25) is 5.91 Å². The predicted molar refractivity (Wildman–Crippen MR) is 134 cm³/mol. The zero-order chi connectivity index (χ0) is 24.6. The highest BCUT2D eigenvalue weighted by molar-refractivity contribution is 5.95. The van der Waals surface area contributed by atoms with Gasteiger partial charge in [-0.2, -0.15) is 0 Å². The fourth-order valence-corrected chi connectivity index (χ4v) is 5.77. The molecule has 0 N–H and O–H groups in total. The highest BCUT2D eigenvalue weighted by Crippen LogP contribution is 2.45. The quantitative estimate of drug-likeness (QED) is 0.518. The standard InChI is InChI=1S/C29H32FN3O2/c1-20(2)19-33-24(17-21-6-5-8-23(30)16-21)18-29(28(33)35)12-14-32(15-13-29)27(34)26-11-10-22-7-3-4-9-25(22)31-26/h3-11,16,20,24H,12-15,17-19H2,1-2H3/t24-/m0/s1. The van der Waals surface area contributed by atoms with Gasteiger partial charge >= 0.3 is 0 Å². The maximum atomic E-state index is 13.8. The van der Waals surface area contributed by atoms with Gasteiger partial charge in [0.1, 0.15) is 11.5 Å². The number of nitrogens with zero attached hydrogens (tertiary/aromatic N) is 3. The van der Waals surface area contributed by atoms with E-state index in [1.54, 1.807) is 18.2 Å². The number of para-hydroxylation sites is 1. The second kappa shape index (κ2) is 9.40. The van der Waals surface area contributed by atoms with Crippen molar-refractivity contribution in [2.24, 2.45) is 11.3 Å². The van der Waals surface area contributed by atoms with Gasteiger partial charge in [0.15, 0.2) is 0 Å². The van der Waals surface area contributed by atoms with Gasteiger partial charge in [-0.05, 0) is 61.4 Å². The lowest BCUT2D eigenvalue weighted by Crippen LogP contribution is -2.47. The highest BCUT2D eigenvalue weighted by atomic mass is 19.1. The van der Waals surface area contributed by atoms with Crippen LogP contribution in [-0.4, -0.2) is 52.3 Å². The molecule has 5 rings (SSSR count). The third kappa shape index (κ3) is 4.66. The van der Waals surface area contributed by atoms with Crippen LogP contribution in [0.25, 0.3) is 10.9 Å². The smallest absolute Gasteiger partial charge is 0.272 e. The van der Waals surface area contributed by atoms with E-state index in [-0.39, 0.29) is 23.7 Å². The molecule has 1 aromatic heterocycles. The van der Waals surface area contributed by atoms with E-state index in [0.29, 0.717) is 50.5 Å². The number of halogens is 1. The van der Waals surface area contributed by atoms with E-state index in [1.165, 1.54) is 6.07 Å². The zero-order valence-corrected chi connectivity index (χ0v) is 20.4. The third-order valence-electron chi connectivity index (χ3n) is 7.53. The van der Waals surface area contributed by atoms with Crippen molar-refractivity contribution >= 4 is 22.7 Å². The number of rotatable bonds is 5. The highest BCUT2D eigenvalue weighted by Gasteiger charge is 2.52. The Balaban J connectivity index is 1.31. The monoisotopic (exact) mass is 473 g/mol. The van der Waals surface area contributed by atoms with Gasteiger partial charge in [-0.3, -0.25) is 9.59 Å². The molecule has 0 aliphatic carbocycles. The molecule has 0 bridgehead atoms. The van der Waals surface area contributed by atoms with Crippen LogP contribution in [-0.2, 0) is 11.2 Å². The molecule has 35 heavy (non-hydrogen) atoms. The molecular formula is C29H32FN3O2. The minimum atomic E-state index is -0.444. The molecule has 6 heteroatoms. The molecule has 2 amide bonds. The molecule has 182 valence electrons. The van der Waals surface area contributed by atoms with Crippen LogP contribution in [0.2, 0.25) is 0 Å². The normalized spacial score (nSPS) is 19.8. The van der Waals surface area contributed by atoms with Gasteiger partial charge in [0.05, 0.1) is 10.9 Å². The van der Waals surface area contributed by atoms with Crippen molar-refractivity contribution in [2.75, 3.05) is 19.6 Å². The second-order valence-corrected chi connectivity index (χ2v) is 10.5. The molecule has 3 heterocycles. The summed E-state index contributed by atoms with van der Waals surface area (Å²) >= 11 is 0. The number of benzene rings is 2. The Morgan fingerprint density at radius 2 is 1.86 bits per heavy atom. The Kier molecular flexibility index (Phi) is 6.30. The van der Waals surface area contributed by atoms with Crippen molar-refractivity contribution < 1.29 is 14.0 Å². The molecule has 0 saturated carbocycles. The largest absolute Gasteiger partial charge is 0.339 e. The average molecular weight is 474 g/mol. The van der Waals surface area contributed by atoms with Crippen LogP contribution in [0.4, 0.5) is 4.39 Å². The van der Waals surface area contributed by atoms with Crippen LogP contribution in [0.3, 0.4) is 0 Å². The maximum Gasteiger partial charge on any atom is 0.272 e. The minimum Gasteiger partial charge on any atom is -0.339 e. The van der Waals surface area contributed by atoms with Crippen molar-refractivity contribution in [1.82, 2.24) is 14.8 Å². The number of carbonyl (C=O) groups is 2. The molecule has 2 aliphatic heterocycles. The number of aromatic nitrogens is 1. The SMILES string of the molecule is CC(C)CN1C(=O)C2(CCN(C(=O)c3ccc4ccccc4n3)CC2)C[C@@H]1Cc1cccc(F)c1. The molecule has 1 atom stereocenters. The summed E-state index contributed by atoms with van der Waals surface area (Å²) in [6, 6.07) is 18.2. The fraction of sp³-hybridized carbons (Fsp3) is 0.414. The molecule has 5 nitrogen and oxygen atoms in total. The van der Waals surface area contributed by atoms with E-state index in [9.17, 15) is 14.0 Å². The van der Waals surface area contributed by atoms with Crippen molar-refractivity contribution in [3.8, 4) is 0 Å². The summed E-state index contributed by atoms with van der Waals surface area (Å²) in [5.41, 5.74) is 1.73. The van der Waals surface area contributed by atoms with Gasteiger partial charge in [-0.25, -0.2) is 9.37 Å². The van der Waals surface area contributed by atoms with Crippen LogP contribution < -0.4 is 0 Å². The second-order valence-electron chi connectivity index (χ2n) is 10.5. The molecular weight excluding hydrogens is 441 g/mol. The number of likely N-dealkylation sites (tertiary alicyclic amines) is 2. The number of carbonyl (C=O) groups excluding carboxylic acids is 2. The first-order chi connectivity index (χ1) is 16.8. The maximum absolute atomic E-state index is 13.8. The Labute approximate surface area is 205 Å². The lowest BCUT2D eigenvalue weighted by atomic mass is 9.75. The van der Waals surface area contributed by atoms with E-state index in [1.807, 2.05) is 46.2 Å². The molecule has 3 aromatic rings. The van der Waals surface area contributed by atoms with E-state index in [4.69, 9.17) is 0 Å². The first-order valence-corrected chi connectivity index (χ1v) is 12.6. The summed E-state index contributed by atoms with van der Waals surface area (Å²) in [5.74, 6) is 0.228. The average Bonchev–Trinajstić information content (AvgIpc) is 3.08. The Hall–Kier alpha value is -3.28. The number of piperidine rings is 1. The van der Waals surface area contributed by atoms with E-state index in [2.05, 4.69) is 18.8 Å². The lowest BCUT2D eigenvalue weighted by Gasteiger charge is -2.38. The summed E-state index contributed by atoms with van der Waals surface area (Å²) < 4.78 is 13.8. The number of hydrogen-bond donors (Lipinski definition) is 0. The molecule has 0 radical (unpaired) electrons. The first-order valence-electron chi connectivity index (χ1n) is 12.6. The van der Waals surface area contributed by atoms with Gasteiger partial charge in [0, 0.05) is 31.1 Å². The van der Waals surface area contributed by atoms with Crippen LogP contribution in [0, 0.1) is 17.2 Å². The third-order valence-corrected chi connectivity index (χ3v) is 7.53. The lowest BCUT2D eigenvalue weighted by molar-refractivity contribution is -0.139. The zero-order valence-electron chi connectivity index (χ0n) is 20.4. The van der Waals surface area contributed by atoms with Gasteiger partial charge < -0.3 is 9.80 Å². The van der Waals surface area contributed by atoms with Gasteiger partial charge in [-0.15, -0.1) is 0 Å². The fourth-order valence-electron chi connectivity index (χ4n) is 5.77. The van der Waals surface area contributed by atoms with E-state index < -0.39 is 5.41 Å². The molecule has 2 saturated heterocycles. The van der Waals surface area contributed by atoms with Crippen LogP contribution in [0.5, 0.6) is 0 Å². The van der Waals surface area contributed by atoms with Crippen LogP contribution in [0.1, 0.15) is 49.2 Å². The molecule has 0 unspecified atom stereocenters. The topological polar surface area (TPSA) is 53.5 Å². The van der Waals surface area contributed by atoms with Crippen molar-refractivity contribution in [1.29, 1.82) is 0 Å². The predicted octanol–water partition coefficient (Wildman–Crippen LogP) is 5.10. The Bertz CT molecular complexity index is 1250. The summed E-state index contributed by atoms with van der Waals surface area (Å²) in [4.78, 5) is 35.4. The van der Waals surface area contributed by atoms with Gasteiger partial charge in [-0.1, -0.05) is 50.2 Å². The van der Waals surface area contributed by atoms with Crippen LogP contribution >= 0.6 is 0 Å². The summed E-state index contributed by atoms with van der Waals surface area (Å²) in [6.07, 6.45) is 2.71. The summed E-state index contributed by atoms with van der Waals surface area (Å²) in [7, 11) is 0. The van der Waals surface area contributed by atoms with Crippen molar-refractivity contribution in [2.45, 2.75) is 45.6 Å². The van der Waals surface area contributed by atoms with Gasteiger partial charge in [0.25, 0.3) is 5.91 Å². The molecule has 2 aliphatic rings. The van der Waals surface area contributed by atoms with E-state index >= 15 is 0 Å². The Morgan fingerprint density at radius 1 is 1.09 bits per heavy atom. The van der Waals surface area contributed by atoms with E-state index in [0.717, 1.165) is 22.9 Å². The van der Waals surface area contributed by atoms with Crippen molar-refractivity contribution in [3.63, 3.8) is 0 Å². The molecule has 1 spiro atoms. The Morgan fingerprint density at radius 3 is 2.60 bits per heavy atom. The summed E-state index contributed by atoms with van der Waals surface area (Å²) in [5, 5.41) is 1.01. The van der Waals surface area contributed by atoms with Crippen molar-refractivity contribution in [3.05, 3.63) is 77.7 Å². The summed E-state index contributed by atoms with van der Waals surface area (Å²) in [6.45, 7) is 6.03. The number of pyridine rings is 1. The molecule has 2 aromatic carbocycles. The number of fused-ring (bicyclic) bond motifs is 1. The number of hydrogen-bond acceptors (Lipinski definition) is 3. The number of amides is 2. The van der Waals surface area contributed by atoms with Crippen LogP contribution in [0.15, 0.2) is 60.7 Å². The minimum absolute atomic E-state index is 0.0519. The molecule has 2 fully saturated rings.